The lowest BCUT2D eigenvalue weighted by Crippen LogP contribution is -2.13. The number of imidazole rings is 1. The summed E-state index contributed by atoms with van der Waals surface area (Å²) in [4.78, 5) is 15.9. The van der Waals surface area contributed by atoms with Crippen LogP contribution in [0.3, 0.4) is 0 Å². The number of hydrogen-bond donors (Lipinski definition) is 2. The van der Waals surface area contributed by atoms with E-state index in [0.717, 1.165) is 22.6 Å². The molecule has 1 amide bonds. The minimum Gasteiger partial charge on any atom is -0.379 e. The Morgan fingerprint density at radius 2 is 2.14 bits per heavy atom. The van der Waals surface area contributed by atoms with E-state index in [0.29, 0.717) is 12.1 Å². The lowest BCUT2D eigenvalue weighted by molar-refractivity contribution is 0.1000. The fourth-order valence-electron chi connectivity index (χ4n) is 2.35. The molecule has 0 fully saturated rings. The van der Waals surface area contributed by atoms with Gasteiger partial charge in [-0.25, -0.2) is 4.98 Å². The van der Waals surface area contributed by atoms with Crippen molar-refractivity contribution < 1.29 is 4.79 Å². The number of aromatic nitrogens is 2. The SMILES string of the molecule is Cc1c(NCc2cn3ccccc3n2)cccc1C(N)=O. The van der Waals surface area contributed by atoms with E-state index >= 15 is 0 Å². The van der Waals surface area contributed by atoms with E-state index in [1.807, 2.05) is 54.0 Å². The summed E-state index contributed by atoms with van der Waals surface area (Å²) in [6.45, 7) is 2.47. The standard InChI is InChI=1S/C16H16N4O/c1-11-13(16(17)21)5-4-6-14(11)18-9-12-10-20-8-3-2-7-15(20)19-12/h2-8,10,18H,9H2,1H3,(H2,17,21). The molecule has 3 rings (SSSR count). The van der Waals surface area contributed by atoms with Crippen molar-refractivity contribution in [3.63, 3.8) is 0 Å². The zero-order valence-electron chi connectivity index (χ0n) is 11.7. The molecule has 0 radical (unpaired) electrons. The third kappa shape index (κ3) is 2.58. The minimum atomic E-state index is -0.413. The molecule has 0 atom stereocenters. The molecule has 0 spiro atoms. The zero-order valence-corrected chi connectivity index (χ0v) is 11.7. The van der Waals surface area contributed by atoms with Crippen LogP contribution in [0, 0.1) is 6.92 Å². The Hall–Kier alpha value is -2.82. The highest BCUT2D eigenvalue weighted by Crippen LogP contribution is 2.19. The van der Waals surface area contributed by atoms with E-state index in [9.17, 15) is 4.79 Å². The number of nitrogens with one attached hydrogen (secondary N) is 1. The van der Waals surface area contributed by atoms with Crippen LogP contribution in [0.25, 0.3) is 5.65 Å². The van der Waals surface area contributed by atoms with E-state index in [4.69, 9.17) is 5.73 Å². The van der Waals surface area contributed by atoms with Gasteiger partial charge in [-0.05, 0) is 36.8 Å². The summed E-state index contributed by atoms with van der Waals surface area (Å²) in [6.07, 6.45) is 3.94. The smallest absolute Gasteiger partial charge is 0.249 e. The molecule has 0 aliphatic rings. The number of fused-ring (bicyclic) bond motifs is 1. The Labute approximate surface area is 122 Å². The van der Waals surface area contributed by atoms with Crippen LogP contribution >= 0.6 is 0 Å². The number of carbonyl (C=O) groups excluding carboxylic acids is 1. The van der Waals surface area contributed by atoms with Crippen LogP contribution < -0.4 is 11.1 Å². The van der Waals surface area contributed by atoms with Gasteiger partial charge in [-0.3, -0.25) is 4.79 Å². The van der Waals surface area contributed by atoms with Crippen molar-refractivity contribution in [3.05, 3.63) is 65.6 Å². The molecule has 2 aromatic heterocycles. The van der Waals surface area contributed by atoms with Gasteiger partial charge in [0.05, 0.1) is 12.2 Å². The Bertz CT molecular complexity index is 774. The molecule has 0 unspecified atom stereocenters. The van der Waals surface area contributed by atoms with Gasteiger partial charge in [-0.15, -0.1) is 0 Å². The van der Waals surface area contributed by atoms with E-state index in [1.165, 1.54) is 0 Å². The molecule has 106 valence electrons. The third-order valence-electron chi connectivity index (χ3n) is 3.47. The number of primary amides is 1. The second-order valence-corrected chi connectivity index (χ2v) is 4.89. The van der Waals surface area contributed by atoms with E-state index in [1.54, 1.807) is 6.07 Å². The second-order valence-electron chi connectivity index (χ2n) is 4.89. The van der Waals surface area contributed by atoms with Gasteiger partial charge >= 0.3 is 0 Å². The third-order valence-corrected chi connectivity index (χ3v) is 3.47. The molecule has 1 aromatic carbocycles. The van der Waals surface area contributed by atoms with Gasteiger partial charge in [0.15, 0.2) is 0 Å². The summed E-state index contributed by atoms with van der Waals surface area (Å²) in [5, 5.41) is 3.30. The van der Waals surface area contributed by atoms with Crippen LogP contribution in [0.15, 0.2) is 48.8 Å². The fraction of sp³-hybridized carbons (Fsp3) is 0.125. The number of pyridine rings is 1. The first-order valence-electron chi connectivity index (χ1n) is 6.71. The molecule has 0 aliphatic carbocycles. The predicted molar refractivity (Wildman–Crippen MR) is 82.2 cm³/mol. The highest BCUT2D eigenvalue weighted by Gasteiger charge is 2.08. The highest BCUT2D eigenvalue weighted by molar-refractivity contribution is 5.95. The first-order chi connectivity index (χ1) is 10.1. The van der Waals surface area contributed by atoms with Crippen LogP contribution in [0.5, 0.6) is 0 Å². The lowest BCUT2D eigenvalue weighted by Gasteiger charge is -2.10. The van der Waals surface area contributed by atoms with Crippen molar-refractivity contribution in [2.24, 2.45) is 5.73 Å². The summed E-state index contributed by atoms with van der Waals surface area (Å²) >= 11 is 0. The Kier molecular flexibility index (Phi) is 3.31. The molecule has 0 bridgehead atoms. The number of nitrogens with zero attached hydrogens (tertiary/aromatic N) is 2. The van der Waals surface area contributed by atoms with Crippen molar-refractivity contribution in [2.75, 3.05) is 5.32 Å². The van der Waals surface area contributed by atoms with Crippen LogP contribution in [0.1, 0.15) is 21.6 Å². The molecule has 3 aromatic rings. The maximum Gasteiger partial charge on any atom is 0.249 e. The summed E-state index contributed by atoms with van der Waals surface area (Å²) in [7, 11) is 0. The first kappa shape index (κ1) is 13.2. The van der Waals surface area contributed by atoms with Gasteiger partial charge in [0.2, 0.25) is 5.91 Å². The van der Waals surface area contributed by atoms with Gasteiger partial charge in [0.1, 0.15) is 5.65 Å². The monoisotopic (exact) mass is 280 g/mol. The van der Waals surface area contributed by atoms with E-state index in [2.05, 4.69) is 10.3 Å². The molecule has 3 N–H and O–H groups in total. The molecule has 5 nitrogen and oxygen atoms in total. The Morgan fingerprint density at radius 3 is 2.90 bits per heavy atom. The fourth-order valence-corrected chi connectivity index (χ4v) is 2.35. The Balaban J connectivity index is 1.81. The number of nitrogens with two attached hydrogens (primary N) is 1. The normalized spacial score (nSPS) is 10.7. The molecular weight excluding hydrogens is 264 g/mol. The van der Waals surface area contributed by atoms with Crippen molar-refractivity contribution in [1.29, 1.82) is 0 Å². The summed E-state index contributed by atoms with van der Waals surface area (Å²) in [5.41, 5.74) is 9.49. The van der Waals surface area contributed by atoms with Crippen LogP contribution in [0.2, 0.25) is 0 Å². The number of benzene rings is 1. The summed E-state index contributed by atoms with van der Waals surface area (Å²) < 4.78 is 1.98. The van der Waals surface area contributed by atoms with Crippen molar-refractivity contribution >= 4 is 17.2 Å². The number of rotatable bonds is 4. The zero-order chi connectivity index (χ0) is 14.8. The Morgan fingerprint density at radius 1 is 1.29 bits per heavy atom. The van der Waals surface area contributed by atoms with Gasteiger partial charge in [0.25, 0.3) is 0 Å². The minimum absolute atomic E-state index is 0.413. The molecule has 5 heteroatoms. The van der Waals surface area contributed by atoms with Crippen molar-refractivity contribution in [2.45, 2.75) is 13.5 Å². The maximum absolute atomic E-state index is 11.3. The quantitative estimate of drug-likeness (QED) is 0.770. The van der Waals surface area contributed by atoms with Gasteiger partial charge in [-0.1, -0.05) is 12.1 Å². The molecule has 21 heavy (non-hydrogen) atoms. The van der Waals surface area contributed by atoms with Gasteiger partial charge < -0.3 is 15.5 Å². The number of hydrogen-bond acceptors (Lipinski definition) is 3. The lowest BCUT2D eigenvalue weighted by atomic mass is 10.1. The first-order valence-corrected chi connectivity index (χ1v) is 6.71. The average molecular weight is 280 g/mol. The van der Waals surface area contributed by atoms with Crippen molar-refractivity contribution in [3.8, 4) is 0 Å². The number of amides is 1. The molecular formula is C16H16N4O. The number of anilines is 1. The maximum atomic E-state index is 11.3. The number of carbonyl (C=O) groups is 1. The van der Waals surface area contributed by atoms with Crippen molar-refractivity contribution in [1.82, 2.24) is 9.38 Å². The van der Waals surface area contributed by atoms with E-state index < -0.39 is 5.91 Å². The van der Waals surface area contributed by atoms with Gasteiger partial charge in [0, 0.05) is 23.6 Å². The molecule has 0 saturated carbocycles. The predicted octanol–water partition coefficient (Wildman–Crippen LogP) is 2.35. The summed E-state index contributed by atoms with van der Waals surface area (Å²) in [5.74, 6) is -0.413. The average Bonchev–Trinajstić information content (AvgIpc) is 2.88. The molecule has 2 heterocycles. The molecule has 0 aliphatic heterocycles. The topological polar surface area (TPSA) is 72.4 Å². The largest absolute Gasteiger partial charge is 0.379 e. The van der Waals surface area contributed by atoms with Gasteiger partial charge in [-0.2, -0.15) is 0 Å². The summed E-state index contributed by atoms with van der Waals surface area (Å²) in [6, 6.07) is 11.4. The van der Waals surface area contributed by atoms with E-state index in [-0.39, 0.29) is 0 Å². The van der Waals surface area contributed by atoms with Crippen LogP contribution in [-0.2, 0) is 6.54 Å². The van der Waals surface area contributed by atoms with Crippen LogP contribution in [-0.4, -0.2) is 15.3 Å². The van der Waals surface area contributed by atoms with Crippen LogP contribution in [0.4, 0.5) is 5.69 Å². The highest BCUT2D eigenvalue weighted by atomic mass is 16.1. The molecule has 0 saturated heterocycles. The second kappa shape index (κ2) is 5.28.